The Labute approximate surface area is 119 Å². The first-order valence-electron chi connectivity index (χ1n) is 6.31. The number of aryl methyl sites for hydroxylation is 1. The smallest absolute Gasteiger partial charge is 0.379 e. The second-order valence-electron chi connectivity index (χ2n) is 4.48. The number of hydrogen-bond acceptors (Lipinski definition) is 4. The van der Waals surface area contributed by atoms with Crippen molar-refractivity contribution in [3.8, 4) is 5.75 Å². The van der Waals surface area contributed by atoms with Crippen LogP contribution in [0.1, 0.15) is 41.3 Å². The van der Waals surface area contributed by atoms with Gasteiger partial charge in [0, 0.05) is 0 Å². The number of halogens is 1. The van der Waals surface area contributed by atoms with Gasteiger partial charge >= 0.3 is 5.97 Å². The highest BCUT2D eigenvalue weighted by molar-refractivity contribution is 9.10. The molecule has 19 heavy (non-hydrogen) atoms. The summed E-state index contributed by atoms with van der Waals surface area (Å²) < 4.78 is 5.21. The van der Waals surface area contributed by atoms with Gasteiger partial charge in [0.25, 0.3) is 5.78 Å². The maximum absolute atomic E-state index is 11.9. The van der Waals surface area contributed by atoms with Crippen molar-refractivity contribution in [3.63, 3.8) is 0 Å². The van der Waals surface area contributed by atoms with Crippen molar-refractivity contribution >= 4 is 27.7 Å². The fourth-order valence-electron chi connectivity index (χ4n) is 2.32. The quantitative estimate of drug-likeness (QED) is 0.527. The molecule has 4 nitrogen and oxygen atoms in total. The molecule has 1 aromatic rings. The zero-order valence-electron chi connectivity index (χ0n) is 10.7. The van der Waals surface area contributed by atoms with Crippen molar-refractivity contribution in [2.24, 2.45) is 0 Å². The molecule has 1 aromatic carbocycles. The average Bonchev–Trinajstić information content (AvgIpc) is 2.42. The van der Waals surface area contributed by atoms with Crippen LogP contribution in [0, 0.1) is 0 Å². The summed E-state index contributed by atoms with van der Waals surface area (Å²) in [6.07, 6.45) is 3.85. The Balaban J connectivity index is 2.44. The number of esters is 1. The van der Waals surface area contributed by atoms with Crippen LogP contribution in [0.2, 0.25) is 0 Å². The maximum Gasteiger partial charge on any atom is 0.379 e. The van der Waals surface area contributed by atoms with E-state index in [1.54, 1.807) is 13.0 Å². The lowest BCUT2D eigenvalue weighted by Crippen LogP contribution is -2.19. The summed E-state index contributed by atoms with van der Waals surface area (Å²) in [5, 5.41) is 10.1. The number of carbonyl (C=O) groups excluding carboxylic acids is 2. The molecule has 0 heterocycles. The lowest BCUT2D eigenvalue weighted by molar-refractivity contribution is -0.137. The van der Waals surface area contributed by atoms with Gasteiger partial charge in [0.05, 0.1) is 16.6 Å². The summed E-state index contributed by atoms with van der Waals surface area (Å²) in [5.41, 5.74) is 2.07. The Morgan fingerprint density at radius 3 is 2.74 bits per heavy atom. The number of rotatable bonds is 3. The zero-order valence-corrected chi connectivity index (χ0v) is 12.2. The summed E-state index contributed by atoms with van der Waals surface area (Å²) >= 11 is 3.32. The Bertz CT molecular complexity index is 537. The van der Waals surface area contributed by atoms with E-state index in [1.165, 1.54) is 0 Å². The van der Waals surface area contributed by atoms with E-state index in [1.807, 2.05) is 0 Å². The summed E-state index contributed by atoms with van der Waals surface area (Å²) in [5.74, 6) is -1.90. The summed E-state index contributed by atoms with van der Waals surface area (Å²) in [6, 6.07) is 1.62. The van der Waals surface area contributed by atoms with Gasteiger partial charge in [0.1, 0.15) is 5.75 Å². The van der Waals surface area contributed by atoms with Crippen LogP contribution in [0.3, 0.4) is 0 Å². The van der Waals surface area contributed by atoms with Crippen LogP contribution in [0.25, 0.3) is 0 Å². The van der Waals surface area contributed by atoms with Crippen LogP contribution in [0.4, 0.5) is 0 Å². The van der Waals surface area contributed by atoms with Gasteiger partial charge in [-0.3, -0.25) is 4.79 Å². The predicted octanol–water partition coefficient (Wildman–Crippen LogP) is 2.78. The first-order valence-corrected chi connectivity index (χ1v) is 7.10. The predicted molar refractivity (Wildman–Crippen MR) is 73.4 cm³/mol. The molecule has 0 spiro atoms. The highest BCUT2D eigenvalue weighted by Crippen LogP contribution is 2.37. The van der Waals surface area contributed by atoms with Crippen LogP contribution in [-0.4, -0.2) is 23.5 Å². The van der Waals surface area contributed by atoms with Gasteiger partial charge in [-0.1, -0.05) is 0 Å². The molecule has 0 atom stereocenters. The highest BCUT2D eigenvalue weighted by atomic mass is 79.9. The van der Waals surface area contributed by atoms with Gasteiger partial charge in [-0.25, -0.2) is 4.79 Å². The monoisotopic (exact) mass is 326 g/mol. The van der Waals surface area contributed by atoms with Crippen molar-refractivity contribution in [1.29, 1.82) is 0 Å². The van der Waals surface area contributed by atoms with Crippen molar-refractivity contribution in [2.45, 2.75) is 32.6 Å². The van der Waals surface area contributed by atoms with Crippen molar-refractivity contribution < 1.29 is 19.4 Å². The molecule has 0 amide bonds. The van der Waals surface area contributed by atoms with Gasteiger partial charge < -0.3 is 9.84 Å². The fraction of sp³-hybridized carbons (Fsp3) is 0.429. The number of aromatic hydroxyl groups is 1. The van der Waals surface area contributed by atoms with Crippen molar-refractivity contribution in [1.82, 2.24) is 0 Å². The first-order chi connectivity index (χ1) is 9.06. The third kappa shape index (κ3) is 2.66. The Hall–Kier alpha value is -1.36. The number of hydrogen-bond donors (Lipinski definition) is 1. The number of carbonyl (C=O) groups is 2. The minimum absolute atomic E-state index is 0.0194. The number of benzene rings is 1. The van der Waals surface area contributed by atoms with E-state index < -0.39 is 11.8 Å². The van der Waals surface area contributed by atoms with E-state index >= 15 is 0 Å². The average molecular weight is 327 g/mol. The number of ether oxygens (including phenoxy) is 1. The van der Waals surface area contributed by atoms with Crippen LogP contribution in [0.15, 0.2) is 10.5 Å². The molecular weight excluding hydrogens is 312 g/mol. The van der Waals surface area contributed by atoms with Crippen LogP contribution in [0.5, 0.6) is 5.75 Å². The zero-order chi connectivity index (χ0) is 14.0. The SMILES string of the molecule is CCOC(=O)C(=O)c1cc2c(c(Br)c1O)CCCC2. The lowest BCUT2D eigenvalue weighted by Gasteiger charge is -2.19. The summed E-state index contributed by atoms with van der Waals surface area (Å²) in [7, 11) is 0. The molecule has 0 saturated heterocycles. The van der Waals surface area contributed by atoms with Crippen molar-refractivity contribution in [2.75, 3.05) is 6.61 Å². The number of phenols is 1. The number of phenolic OH excluding ortho intramolecular Hbond substituents is 1. The standard InChI is InChI=1S/C14H15BrO4/c1-2-19-14(18)13(17)10-7-8-5-3-4-6-9(8)11(15)12(10)16/h7,16H,2-6H2,1H3. The van der Waals surface area contributed by atoms with E-state index in [0.29, 0.717) is 4.47 Å². The number of fused-ring (bicyclic) bond motifs is 1. The molecule has 102 valence electrons. The molecule has 0 aromatic heterocycles. The van der Waals surface area contributed by atoms with Gasteiger partial charge in [-0.05, 0) is 65.7 Å². The van der Waals surface area contributed by atoms with E-state index in [2.05, 4.69) is 20.7 Å². The normalized spacial score (nSPS) is 13.8. The van der Waals surface area contributed by atoms with E-state index in [0.717, 1.165) is 36.8 Å². The summed E-state index contributed by atoms with van der Waals surface area (Å²) in [4.78, 5) is 23.4. The van der Waals surface area contributed by atoms with E-state index in [9.17, 15) is 14.7 Å². The number of Topliss-reactive ketones (excluding diaryl/α,β-unsaturated/α-hetero) is 1. The minimum atomic E-state index is -0.930. The van der Waals surface area contributed by atoms with Gasteiger partial charge in [-0.2, -0.15) is 0 Å². The van der Waals surface area contributed by atoms with Crippen LogP contribution < -0.4 is 0 Å². The van der Waals surface area contributed by atoms with E-state index in [-0.39, 0.29) is 17.9 Å². The summed E-state index contributed by atoms with van der Waals surface area (Å²) in [6.45, 7) is 1.77. The second-order valence-corrected chi connectivity index (χ2v) is 5.27. The Kier molecular flexibility index (Phi) is 4.24. The van der Waals surface area contributed by atoms with Gasteiger partial charge in [-0.15, -0.1) is 0 Å². The highest BCUT2D eigenvalue weighted by Gasteiger charge is 2.26. The molecular formula is C14H15BrO4. The first kappa shape index (κ1) is 14.1. The Morgan fingerprint density at radius 1 is 1.37 bits per heavy atom. The van der Waals surface area contributed by atoms with E-state index in [4.69, 9.17) is 0 Å². The number of ketones is 1. The Morgan fingerprint density at radius 2 is 2.05 bits per heavy atom. The molecule has 1 aliphatic rings. The molecule has 0 saturated carbocycles. The molecule has 2 rings (SSSR count). The topological polar surface area (TPSA) is 63.6 Å². The molecule has 0 unspecified atom stereocenters. The third-order valence-electron chi connectivity index (χ3n) is 3.26. The van der Waals surface area contributed by atoms with Crippen molar-refractivity contribution in [3.05, 3.63) is 27.2 Å². The maximum atomic E-state index is 11.9. The lowest BCUT2D eigenvalue weighted by atomic mass is 9.89. The third-order valence-corrected chi connectivity index (χ3v) is 4.12. The second kappa shape index (κ2) is 5.74. The minimum Gasteiger partial charge on any atom is -0.506 e. The van der Waals surface area contributed by atoms with Crippen LogP contribution >= 0.6 is 15.9 Å². The largest absolute Gasteiger partial charge is 0.506 e. The van der Waals surface area contributed by atoms with Gasteiger partial charge in [0.15, 0.2) is 0 Å². The van der Waals surface area contributed by atoms with Gasteiger partial charge in [0.2, 0.25) is 0 Å². The van der Waals surface area contributed by atoms with Crippen LogP contribution in [-0.2, 0) is 22.4 Å². The molecule has 0 radical (unpaired) electrons. The molecule has 0 aliphatic heterocycles. The molecule has 1 aliphatic carbocycles. The molecule has 1 N–H and O–H groups in total. The fourth-order valence-corrected chi connectivity index (χ4v) is 2.99. The molecule has 0 bridgehead atoms. The molecule has 0 fully saturated rings. The molecule has 5 heteroatoms.